The van der Waals surface area contributed by atoms with Crippen molar-refractivity contribution < 1.29 is 19.1 Å². The van der Waals surface area contributed by atoms with Gasteiger partial charge in [0.25, 0.3) is 5.91 Å². The summed E-state index contributed by atoms with van der Waals surface area (Å²) in [7, 11) is 0. The van der Waals surface area contributed by atoms with E-state index >= 15 is 0 Å². The normalized spacial score (nSPS) is 20.9. The molecule has 0 unspecified atom stereocenters. The number of carbonyl (C=O) groups is 3. The van der Waals surface area contributed by atoms with E-state index in [2.05, 4.69) is 0 Å². The van der Waals surface area contributed by atoms with Gasteiger partial charge in [-0.1, -0.05) is 6.92 Å². The second-order valence-corrected chi connectivity index (χ2v) is 3.42. The van der Waals surface area contributed by atoms with Crippen molar-refractivity contribution in [1.29, 1.82) is 0 Å². The molecular formula is C10H15NO4. The van der Waals surface area contributed by atoms with Gasteiger partial charge in [-0.3, -0.25) is 14.4 Å². The lowest BCUT2D eigenvalue weighted by Gasteiger charge is -2.13. The summed E-state index contributed by atoms with van der Waals surface area (Å²) in [5, 5.41) is 0. The second kappa shape index (κ2) is 4.91. The van der Waals surface area contributed by atoms with Gasteiger partial charge in [-0.15, -0.1) is 0 Å². The minimum absolute atomic E-state index is 0.171. The molecule has 0 spiro atoms. The third-order valence-corrected chi connectivity index (χ3v) is 2.28. The number of ketones is 1. The molecule has 15 heavy (non-hydrogen) atoms. The molecule has 1 rings (SSSR count). The Morgan fingerprint density at radius 3 is 2.67 bits per heavy atom. The molecule has 0 aromatic heterocycles. The van der Waals surface area contributed by atoms with Gasteiger partial charge in [0.05, 0.1) is 6.61 Å². The summed E-state index contributed by atoms with van der Waals surface area (Å²) in [5.74, 6) is -2.70. The maximum atomic E-state index is 11.4. The van der Waals surface area contributed by atoms with Crippen LogP contribution in [-0.4, -0.2) is 42.3 Å². The number of rotatable bonds is 4. The highest BCUT2D eigenvalue weighted by Gasteiger charge is 2.43. The molecule has 1 fully saturated rings. The highest BCUT2D eigenvalue weighted by molar-refractivity contribution is 6.42. The van der Waals surface area contributed by atoms with E-state index in [9.17, 15) is 14.4 Å². The second-order valence-electron chi connectivity index (χ2n) is 3.42. The van der Waals surface area contributed by atoms with Crippen molar-refractivity contribution in [1.82, 2.24) is 4.90 Å². The number of amides is 1. The molecule has 1 heterocycles. The molecule has 0 bridgehead atoms. The summed E-state index contributed by atoms with van der Waals surface area (Å²) < 4.78 is 4.73. The van der Waals surface area contributed by atoms with Crippen molar-refractivity contribution in [2.24, 2.45) is 5.92 Å². The number of carbonyl (C=O) groups excluding carboxylic acids is 3. The van der Waals surface area contributed by atoms with E-state index in [0.717, 1.165) is 6.42 Å². The Bertz CT molecular complexity index is 287. The highest BCUT2D eigenvalue weighted by Crippen LogP contribution is 2.15. The van der Waals surface area contributed by atoms with E-state index in [4.69, 9.17) is 4.74 Å². The first-order valence-electron chi connectivity index (χ1n) is 5.11. The van der Waals surface area contributed by atoms with E-state index in [1.165, 1.54) is 4.90 Å². The van der Waals surface area contributed by atoms with Crippen molar-refractivity contribution in [2.45, 2.75) is 20.3 Å². The Labute approximate surface area is 88.4 Å². The van der Waals surface area contributed by atoms with Gasteiger partial charge >= 0.3 is 5.97 Å². The van der Waals surface area contributed by atoms with E-state index in [1.54, 1.807) is 6.92 Å². The minimum atomic E-state index is -0.913. The van der Waals surface area contributed by atoms with Crippen molar-refractivity contribution in [3.63, 3.8) is 0 Å². The summed E-state index contributed by atoms with van der Waals surface area (Å²) in [6.45, 7) is 4.49. The number of Topliss-reactive ketones (excluding diaryl/α,β-unsaturated/α-hetero) is 1. The van der Waals surface area contributed by atoms with Gasteiger partial charge in [0.2, 0.25) is 5.78 Å². The molecule has 0 aromatic carbocycles. The molecule has 1 amide bonds. The van der Waals surface area contributed by atoms with Crippen LogP contribution >= 0.6 is 0 Å². The third-order valence-electron chi connectivity index (χ3n) is 2.28. The predicted molar refractivity (Wildman–Crippen MR) is 52.0 cm³/mol. The number of ether oxygens (including phenoxy) is 1. The molecule has 0 N–H and O–H groups in total. The first-order chi connectivity index (χ1) is 7.11. The monoisotopic (exact) mass is 213 g/mol. The fourth-order valence-electron chi connectivity index (χ4n) is 1.58. The lowest BCUT2D eigenvalue weighted by molar-refractivity contribution is -0.151. The minimum Gasteiger partial charge on any atom is -0.465 e. The lowest BCUT2D eigenvalue weighted by Crippen LogP contribution is -2.27. The van der Waals surface area contributed by atoms with E-state index in [-0.39, 0.29) is 13.2 Å². The molecule has 1 saturated heterocycles. The smallest absolute Gasteiger partial charge is 0.318 e. The molecule has 1 aliphatic heterocycles. The average Bonchev–Trinajstić information content (AvgIpc) is 2.47. The van der Waals surface area contributed by atoms with Crippen molar-refractivity contribution in [3.05, 3.63) is 0 Å². The van der Waals surface area contributed by atoms with E-state index < -0.39 is 23.6 Å². The predicted octanol–water partition coefficient (Wildman–Crippen LogP) is -0.0130. The van der Waals surface area contributed by atoms with Gasteiger partial charge in [-0.05, 0) is 13.3 Å². The SMILES string of the molecule is CCCN1C[C@@H](C(=O)OCC)C(=O)C1=O. The molecule has 0 aromatic rings. The standard InChI is InChI=1S/C10H15NO4/c1-3-5-11-6-7(8(12)9(11)13)10(14)15-4-2/h7H,3-6H2,1-2H3/t7-/m1/s1. The van der Waals surface area contributed by atoms with Crippen LogP contribution in [0.3, 0.4) is 0 Å². The van der Waals surface area contributed by atoms with Crippen LogP contribution < -0.4 is 0 Å². The lowest BCUT2D eigenvalue weighted by atomic mass is 10.1. The summed E-state index contributed by atoms with van der Waals surface area (Å²) >= 11 is 0. The molecule has 0 radical (unpaired) electrons. The van der Waals surface area contributed by atoms with Gasteiger partial charge in [-0.25, -0.2) is 0 Å². The Hall–Kier alpha value is -1.39. The number of hydrogen-bond acceptors (Lipinski definition) is 4. The maximum absolute atomic E-state index is 11.4. The zero-order valence-corrected chi connectivity index (χ0v) is 8.99. The van der Waals surface area contributed by atoms with Gasteiger partial charge in [-0.2, -0.15) is 0 Å². The van der Waals surface area contributed by atoms with Crippen LogP contribution in [0.4, 0.5) is 0 Å². The van der Waals surface area contributed by atoms with Crippen molar-refractivity contribution in [2.75, 3.05) is 19.7 Å². The summed E-state index contributed by atoms with van der Waals surface area (Å²) in [6.07, 6.45) is 0.772. The Balaban J connectivity index is 2.66. The molecule has 0 saturated carbocycles. The molecule has 5 heteroatoms. The van der Waals surface area contributed by atoms with Gasteiger partial charge in [0, 0.05) is 13.1 Å². The first-order valence-corrected chi connectivity index (χ1v) is 5.11. The largest absolute Gasteiger partial charge is 0.465 e. The van der Waals surface area contributed by atoms with Crippen LogP contribution in [0.5, 0.6) is 0 Å². The van der Waals surface area contributed by atoms with Gasteiger partial charge in [0.15, 0.2) is 0 Å². The zero-order valence-electron chi connectivity index (χ0n) is 8.99. The molecule has 1 atom stereocenters. The van der Waals surface area contributed by atoms with E-state index in [0.29, 0.717) is 6.54 Å². The van der Waals surface area contributed by atoms with Crippen molar-refractivity contribution in [3.8, 4) is 0 Å². The van der Waals surface area contributed by atoms with Crippen LogP contribution in [0.25, 0.3) is 0 Å². The quantitative estimate of drug-likeness (QED) is 0.374. The van der Waals surface area contributed by atoms with Crippen molar-refractivity contribution >= 4 is 17.7 Å². The Morgan fingerprint density at radius 2 is 2.13 bits per heavy atom. The highest BCUT2D eigenvalue weighted by atomic mass is 16.5. The summed E-state index contributed by atoms with van der Waals surface area (Å²) in [5.41, 5.74) is 0. The molecular weight excluding hydrogens is 198 g/mol. The summed E-state index contributed by atoms with van der Waals surface area (Å²) in [6, 6.07) is 0. The number of nitrogens with zero attached hydrogens (tertiary/aromatic N) is 1. The van der Waals surface area contributed by atoms with Gasteiger partial charge < -0.3 is 9.64 Å². The number of likely N-dealkylation sites (tertiary alicyclic amines) is 1. The molecule has 0 aliphatic carbocycles. The number of hydrogen-bond donors (Lipinski definition) is 0. The van der Waals surface area contributed by atoms with E-state index in [1.807, 2.05) is 6.92 Å². The number of esters is 1. The topological polar surface area (TPSA) is 63.7 Å². The van der Waals surface area contributed by atoms with Crippen LogP contribution in [0, 0.1) is 5.92 Å². The molecule has 84 valence electrons. The van der Waals surface area contributed by atoms with Gasteiger partial charge in [0.1, 0.15) is 5.92 Å². The average molecular weight is 213 g/mol. The van der Waals surface area contributed by atoms with Crippen LogP contribution in [0.1, 0.15) is 20.3 Å². The third kappa shape index (κ3) is 2.34. The summed E-state index contributed by atoms with van der Waals surface area (Å²) in [4.78, 5) is 35.5. The fourth-order valence-corrected chi connectivity index (χ4v) is 1.58. The molecule has 5 nitrogen and oxygen atoms in total. The van der Waals surface area contributed by atoms with Crippen LogP contribution in [0.2, 0.25) is 0 Å². The zero-order chi connectivity index (χ0) is 11.4. The van der Waals surface area contributed by atoms with Crippen LogP contribution in [0.15, 0.2) is 0 Å². The first kappa shape index (κ1) is 11.7. The Morgan fingerprint density at radius 1 is 1.47 bits per heavy atom. The fraction of sp³-hybridized carbons (Fsp3) is 0.700. The van der Waals surface area contributed by atoms with Crippen LogP contribution in [-0.2, 0) is 19.1 Å². The maximum Gasteiger partial charge on any atom is 0.318 e. The molecule has 1 aliphatic rings. The Kier molecular flexibility index (Phi) is 3.82.